The smallest absolute Gasteiger partial charge is 0.227 e. The molecule has 1 aromatic heterocycles. The number of carbonyl (C=O) groups is 1. The third-order valence-electron chi connectivity index (χ3n) is 5.38. The number of amides is 1. The summed E-state index contributed by atoms with van der Waals surface area (Å²) in [7, 11) is 0. The maximum atomic E-state index is 13.3. The van der Waals surface area contributed by atoms with Gasteiger partial charge in [0, 0.05) is 37.8 Å². The van der Waals surface area contributed by atoms with Crippen molar-refractivity contribution in [3.63, 3.8) is 0 Å². The average Bonchev–Trinajstić information content (AvgIpc) is 2.77. The van der Waals surface area contributed by atoms with Crippen LogP contribution in [0.2, 0.25) is 5.02 Å². The van der Waals surface area contributed by atoms with Gasteiger partial charge < -0.3 is 19.9 Å². The Morgan fingerprint density at radius 3 is 2.66 bits per heavy atom. The molecule has 1 aromatic carbocycles. The highest BCUT2D eigenvalue weighted by atomic mass is 35.5. The van der Waals surface area contributed by atoms with Gasteiger partial charge in [-0.3, -0.25) is 4.79 Å². The Labute approximate surface area is 173 Å². The van der Waals surface area contributed by atoms with Crippen molar-refractivity contribution in [2.24, 2.45) is 5.92 Å². The van der Waals surface area contributed by atoms with E-state index < -0.39 is 5.82 Å². The Balaban J connectivity index is 1.38. The summed E-state index contributed by atoms with van der Waals surface area (Å²) in [6.07, 6.45) is 4.86. The van der Waals surface area contributed by atoms with E-state index in [1.807, 2.05) is 6.20 Å². The SMILES string of the molecule is O=C(Nc1ccc(F)c(Cl)c1)C1CCN(c2cncnc2N2CCOCC2)CC1. The molecule has 1 N–H and O–H groups in total. The Morgan fingerprint density at radius 2 is 1.93 bits per heavy atom. The van der Waals surface area contributed by atoms with Crippen LogP contribution < -0.4 is 15.1 Å². The Hall–Kier alpha value is -2.45. The van der Waals surface area contributed by atoms with Gasteiger partial charge in [-0.2, -0.15) is 0 Å². The Morgan fingerprint density at radius 1 is 1.17 bits per heavy atom. The second-order valence-electron chi connectivity index (χ2n) is 7.21. The van der Waals surface area contributed by atoms with Crippen LogP contribution >= 0.6 is 11.6 Å². The number of benzene rings is 1. The highest BCUT2D eigenvalue weighted by Gasteiger charge is 2.28. The van der Waals surface area contributed by atoms with Gasteiger partial charge in [-0.25, -0.2) is 14.4 Å². The molecule has 2 fully saturated rings. The van der Waals surface area contributed by atoms with Gasteiger partial charge in [0.05, 0.1) is 30.1 Å². The fraction of sp³-hybridized carbons (Fsp3) is 0.450. The summed E-state index contributed by atoms with van der Waals surface area (Å²) in [6, 6.07) is 4.20. The number of nitrogens with one attached hydrogen (secondary N) is 1. The van der Waals surface area contributed by atoms with E-state index in [9.17, 15) is 9.18 Å². The predicted molar refractivity (Wildman–Crippen MR) is 110 cm³/mol. The number of halogens is 2. The van der Waals surface area contributed by atoms with E-state index in [2.05, 4.69) is 25.1 Å². The first-order valence-corrected chi connectivity index (χ1v) is 10.1. The van der Waals surface area contributed by atoms with Crippen molar-refractivity contribution in [2.75, 3.05) is 54.5 Å². The molecule has 3 heterocycles. The molecule has 0 bridgehead atoms. The van der Waals surface area contributed by atoms with Crippen LogP contribution in [-0.4, -0.2) is 55.3 Å². The van der Waals surface area contributed by atoms with Crippen LogP contribution in [0.1, 0.15) is 12.8 Å². The number of anilines is 3. The predicted octanol–water partition coefficient (Wildman–Crippen LogP) is 2.96. The zero-order chi connectivity index (χ0) is 20.2. The van der Waals surface area contributed by atoms with E-state index in [0.29, 0.717) is 18.9 Å². The second-order valence-corrected chi connectivity index (χ2v) is 7.62. The highest BCUT2D eigenvalue weighted by Crippen LogP contribution is 2.31. The summed E-state index contributed by atoms with van der Waals surface area (Å²) in [4.78, 5) is 25.8. The number of carbonyl (C=O) groups excluding carboxylic acids is 1. The minimum Gasteiger partial charge on any atom is -0.378 e. The molecule has 0 unspecified atom stereocenters. The lowest BCUT2D eigenvalue weighted by molar-refractivity contribution is -0.120. The van der Waals surface area contributed by atoms with E-state index in [4.69, 9.17) is 16.3 Å². The third-order valence-corrected chi connectivity index (χ3v) is 5.67. The van der Waals surface area contributed by atoms with Crippen molar-refractivity contribution in [1.82, 2.24) is 9.97 Å². The van der Waals surface area contributed by atoms with Gasteiger partial charge in [0.25, 0.3) is 0 Å². The van der Waals surface area contributed by atoms with Crippen molar-refractivity contribution in [1.29, 1.82) is 0 Å². The van der Waals surface area contributed by atoms with Gasteiger partial charge in [-0.05, 0) is 31.0 Å². The summed E-state index contributed by atoms with van der Waals surface area (Å²) in [5, 5.41) is 2.84. The molecule has 0 saturated carbocycles. The fourth-order valence-corrected chi connectivity index (χ4v) is 3.94. The number of piperidine rings is 1. The molecule has 2 aromatic rings. The quantitative estimate of drug-likeness (QED) is 0.821. The van der Waals surface area contributed by atoms with Crippen LogP contribution in [-0.2, 0) is 9.53 Å². The van der Waals surface area contributed by atoms with Crippen LogP contribution in [0.15, 0.2) is 30.7 Å². The number of hydrogen-bond acceptors (Lipinski definition) is 6. The lowest BCUT2D eigenvalue weighted by Gasteiger charge is -2.36. The summed E-state index contributed by atoms with van der Waals surface area (Å²) in [5.41, 5.74) is 1.51. The van der Waals surface area contributed by atoms with Gasteiger partial charge in [0.2, 0.25) is 5.91 Å². The van der Waals surface area contributed by atoms with Gasteiger partial charge in [0.15, 0.2) is 5.82 Å². The molecular formula is C20H23ClFN5O2. The van der Waals surface area contributed by atoms with Crippen molar-refractivity contribution < 1.29 is 13.9 Å². The van der Waals surface area contributed by atoms with E-state index in [1.165, 1.54) is 18.2 Å². The highest BCUT2D eigenvalue weighted by molar-refractivity contribution is 6.31. The number of morpholine rings is 1. The first-order valence-electron chi connectivity index (χ1n) is 9.75. The van der Waals surface area contributed by atoms with E-state index in [0.717, 1.165) is 50.5 Å². The van der Waals surface area contributed by atoms with Crippen LogP contribution in [0.5, 0.6) is 0 Å². The largest absolute Gasteiger partial charge is 0.378 e. The van der Waals surface area contributed by atoms with Crippen LogP contribution in [0, 0.1) is 11.7 Å². The molecule has 0 aliphatic carbocycles. The van der Waals surface area contributed by atoms with Crippen molar-refractivity contribution in [2.45, 2.75) is 12.8 Å². The summed E-state index contributed by atoms with van der Waals surface area (Å²) < 4.78 is 18.7. The first kappa shape index (κ1) is 19.8. The molecule has 7 nitrogen and oxygen atoms in total. The van der Waals surface area contributed by atoms with E-state index in [1.54, 1.807) is 6.33 Å². The topological polar surface area (TPSA) is 70.6 Å². The lowest BCUT2D eigenvalue weighted by Crippen LogP contribution is -2.41. The van der Waals surface area contributed by atoms with E-state index in [-0.39, 0.29) is 16.8 Å². The van der Waals surface area contributed by atoms with Gasteiger partial charge in [-0.1, -0.05) is 11.6 Å². The van der Waals surface area contributed by atoms with Crippen molar-refractivity contribution >= 4 is 34.7 Å². The molecule has 2 saturated heterocycles. The molecular weight excluding hydrogens is 397 g/mol. The van der Waals surface area contributed by atoms with Gasteiger partial charge in [-0.15, -0.1) is 0 Å². The molecule has 0 atom stereocenters. The zero-order valence-electron chi connectivity index (χ0n) is 16.0. The Bertz CT molecular complexity index is 870. The third kappa shape index (κ3) is 4.59. The molecule has 2 aliphatic rings. The molecule has 2 aliphatic heterocycles. The summed E-state index contributed by atoms with van der Waals surface area (Å²) in [6.45, 7) is 4.49. The number of nitrogens with zero attached hydrogens (tertiary/aromatic N) is 4. The standard InChI is InChI=1S/C20H23ClFN5O2/c21-16-11-15(1-2-17(16)22)25-20(28)14-3-5-26(6-4-14)18-12-23-13-24-19(18)27-7-9-29-10-8-27/h1-2,11-14H,3-10H2,(H,25,28). The zero-order valence-corrected chi connectivity index (χ0v) is 16.7. The number of ether oxygens (including phenoxy) is 1. The second kappa shape index (κ2) is 8.92. The van der Waals surface area contributed by atoms with Crippen LogP contribution in [0.4, 0.5) is 21.6 Å². The fourth-order valence-electron chi connectivity index (χ4n) is 3.76. The summed E-state index contributed by atoms with van der Waals surface area (Å²) in [5.74, 6) is 0.253. The molecule has 0 spiro atoms. The van der Waals surface area contributed by atoms with Gasteiger partial charge in [0.1, 0.15) is 12.1 Å². The summed E-state index contributed by atoms with van der Waals surface area (Å²) >= 11 is 5.79. The molecule has 0 radical (unpaired) electrons. The van der Waals surface area contributed by atoms with Gasteiger partial charge >= 0.3 is 0 Å². The average molecular weight is 420 g/mol. The molecule has 4 rings (SSSR count). The molecule has 1 amide bonds. The monoisotopic (exact) mass is 419 g/mol. The van der Waals surface area contributed by atoms with Crippen LogP contribution in [0.25, 0.3) is 0 Å². The minimum atomic E-state index is -0.501. The number of aromatic nitrogens is 2. The van der Waals surface area contributed by atoms with Crippen molar-refractivity contribution in [3.8, 4) is 0 Å². The normalized spacial score (nSPS) is 18.0. The molecule has 154 valence electrons. The van der Waals surface area contributed by atoms with Crippen molar-refractivity contribution in [3.05, 3.63) is 41.6 Å². The van der Waals surface area contributed by atoms with E-state index >= 15 is 0 Å². The Kier molecular flexibility index (Phi) is 6.10. The van der Waals surface area contributed by atoms with Crippen LogP contribution in [0.3, 0.4) is 0 Å². The minimum absolute atomic E-state index is 0.00246. The first-order chi connectivity index (χ1) is 14.1. The number of rotatable bonds is 4. The lowest BCUT2D eigenvalue weighted by atomic mass is 9.95. The molecule has 9 heteroatoms. The maximum Gasteiger partial charge on any atom is 0.227 e. The molecule has 29 heavy (non-hydrogen) atoms. The maximum absolute atomic E-state index is 13.3. The number of hydrogen-bond donors (Lipinski definition) is 1.